The number of hydrogen-bond acceptors (Lipinski definition) is 3. The van der Waals surface area contributed by atoms with E-state index in [0.29, 0.717) is 5.92 Å². The molecule has 2 rings (SSSR count). The van der Waals surface area contributed by atoms with Gasteiger partial charge in [0.15, 0.2) is 0 Å². The molecule has 2 aliphatic rings. The zero-order valence-corrected chi connectivity index (χ0v) is 13.7. The number of carbonyl (C=O) groups excluding carboxylic acids is 1. The zero-order valence-electron chi connectivity index (χ0n) is 13.7. The second-order valence-electron chi connectivity index (χ2n) is 6.85. The van der Waals surface area contributed by atoms with Crippen LogP contribution >= 0.6 is 0 Å². The smallest absolute Gasteiger partial charge is 0.238 e. The highest BCUT2D eigenvalue weighted by atomic mass is 16.1. The molecule has 0 radical (unpaired) electrons. The molecule has 1 saturated carbocycles. The Morgan fingerprint density at radius 1 is 1.19 bits per heavy atom. The number of nitrogens with one attached hydrogen (secondary N) is 1. The first-order valence-electron chi connectivity index (χ1n) is 8.96. The van der Waals surface area contributed by atoms with Gasteiger partial charge in [0.25, 0.3) is 0 Å². The van der Waals surface area contributed by atoms with Crippen molar-refractivity contribution in [1.29, 1.82) is 0 Å². The number of nitrogens with two attached hydrogens (primary N) is 1. The third-order valence-electron chi connectivity index (χ3n) is 5.50. The third-order valence-corrected chi connectivity index (χ3v) is 5.50. The molecule has 4 heteroatoms. The van der Waals surface area contributed by atoms with Crippen molar-refractivity contribution >= 4 is 5.91 Å². The average Bonchev–Trinajstić information content (AvgIpc) is 2.82. The van der Waals surface area contributed by atoms with E-state index in [1.165, 1.54) is 45.2 Å². The van der Waals surface area contributed by atoms with E-state index in [4.69, 9.17) is 5.73 Å². The van der Waals surface area contributed by atoms with Crippen LogP contribution in [0.2, 0.25) is 0 Å². The minimum atomic E-state index is -0.433. The van der Waals surface area contributed by atoms with Crippen LogP contribution in [0.1, 0.15) is 64.7 Å². The van der Waals surface area contributed by atoms with Crippen molar-refractivity contribution in [3.63, 3.8) is 0 Å². The van der Waals surface area contributed by atoms with Crippen LogP contribution < -0.4 is 11.1 Å². The van der Waals surface area contributed by atoms with Gasteiger partial charge in [-0.2, -0.15) is 0 Å². The van der Waals surface area contributed by atoms with Crippen LogP contribution in [-0.2, 0) is 4.79 Å². The molecule has 1 aliphatic carbocycles. The molecule has 4 nitrogen and oxygen atoms in total. The van der Waals surface area contributed by atoms with Crippen LogP contribution in [0.15, 0.2) is 0 Å². The fraction of sp³-hybridized carbons (Fsp3) is 0.941. The first-order valence-corrected chi connectivity index (χ1v) is 8.96. The van der Waals surface area contributed by atoms with E-state index in [0.717, 1.165) is 38.8 Å². The summed E-state index contributed by atoms with van der Waals surface area (Å²) >= 11 is 0. The van der Waals surface area contributed by atoms with Gasteiger partial charge in [-0.15, -0.1) is 0 Å². The number of nitrogens with zero attached hydrogens (tertiary/aromatic N) is 1. The Labute approximate surface area is 129 Å². The maximum Gasteiger partial charge on any atom is 0.238 e. The summed E-state index contributed by atoms with van der Waals surface area (Å²) in [6.45, 7) is 6.49. The predicted molar refractivity (Wildman–Crippen MR) is 87.1 cm³/mol. The fourth-order valence-electron chi connectivity index (χ4n) is 4.30. The summed E-state index contributed by atoms with van der Waals surface area (Å²) in [6.07, 6.45) is 11.1. The molecule has 1 heterocycles. The highest BCUT2D eigenvalue weighted by molar-refractivity contribution is 5.85. The van der Waals surface area contributed by atoms with Crippen LogP contribution in [0.4, 0.5) is 0 Å². The Morgan fingerprint density at radius 2 is 1.86 bits per heavy atom. The normalized spacial score (nSPS) is 31.8. The van der Waals surface area contributed by atoms with Gasteiger partial charge in [0.2, 0.25) is 5.91 Å². The molecule has 1 amide bonds. The summed E-state index contributed by atoms with van der Waals surface area (Å²) in [5.41, 5.74) is 5.32. The molecule has 0 aromatic heterocycles. The van der Waals surface area contributed by atoms with Crippen LogP contribution in [0.5, 0.6) is 0 Å². The molecular weight excluding hydrogens is 262 g/mol. The SMILES string of the molecule is CCNC1(C(N)=O)CCCC1CCN1CCCCCCC1. The number of amides is 1. The lowest BCUT2D eigenvalue weighted by atomic mass is 9.83. The van der Waals surface area contributed by atoms with Gasteiger partial charge in [-0.3, -0.25) is 4.79 Å². The highest BCUT2D eigenvalue weighted by Crippen LogP contribution is 2.38. The van der Waals surface area contributed by atoms with Crippen molar-refractivity contribution < 1.29 is 4.79 Å². The second kappa shape index (κ2) is 8.14. The van der Waals surface area contributed by atoms with Crippen molar-refractivity contribution in [3.8, 4) is 0 Å². The molecule has 1 saturated heterocycles. The van der Waals surface area contributed by atoms with E-state index in [1.54, 1.807) is 0 Å². The molecule has 122 valence electrons. The van der Waals surface area contributed by atoms with Crippen LogP contribution in [0, 0.1) is 5.92 Å². The molecule has 0 aromatic carbocycles. The number of rotatable bonds is 6. The number of hydrogen-bond donors (Lipinski definition) is 2. The van der Waals surface area contributed by atoms with Gasteiger partial charge in [-0.25, -0.2) is 0 Å². The molecule has 2 fully saturated rings. The van der Waals surface area contributed by atoms with Gasteiger partial charge in [-0.05, 0) is 64.2 Å². The van der Waals surface area contributed by atoms with Crippen molar-refractivity contribution in [3.05, 3.63) is 0 Å². The maximum atomic E-state index is 12.0. The fourth-order valence-corrected chi connectivity index (χ4v) is 4.30. The molecule has 0 bridgehead atoms. The van der Waals surface area contributed by atoms with Crippen LogP contribution in [0.3, 0.4) is 0 Å². The van der Waals surface area contributed by atoms with Gasteiger partial charge in [-0.1, -0.05) is 32.6 Å². The standard InChI is InChI=1S/C17H33N3O/c1-2-19-17(16(18)21)11-8-9-15(17)10-14-20-12-6-4-3-5-7-13-20/h15,19H,2-14H2,1H3,(H2,18,21). The van der Waals surface area contributed by atoms with E-state index in [1.807, 2.05) is 0 Å². The van der Waals surface area contributed by atoms with Gasteiger partial charge in [0.1, 0.15) is 5.54 Å². The first-order chi connectivity index (χ1) is 10.2. The monoisotopic (exact) mass is 295 g/mol. The second-order valence-corrected chi connectivity index (χ2v) is 6.85. The first kappa shape index (κ1) is 16.8. The van der Waals surface area contributed by atoms with Gasteiger partial charge in [0.05, 0.1) is 0 Å². The molecule has 0 spiro atoms. The number of primary amides is 1. The van der Waals surface area contributed by atoms with Crippen LogP contribution in [-0.4, -0.2) is 42.5 Å². The topological polar surface area (TPSA) is 58.4 Å². The Kier molecular flexibility index (Phi) is 6.49. The Morgan fingerprint density at radius 3 is 2.48 bits per heavy atom. The molecule has 21 heavy (non-hydrogen) atoms. The quantitative estimate of drug-likeness (QED) is 0.790. The van der Waals surface area contributed by atoms with Gasteiger partial charge in [0, 0.05) is 0 Å². The number of likely N-dealkylation sites (tertiary alicyclic amines) is 1. The van der Waals surface area contributed by atoms with E-state index < -0.39 is 5.54 Å². The molecular formula is C17H33N3O. The van der Waals surface area contributed by atoms with E-state index >= 15 is 0 Å². The summed E-state index contributed by atoms with van der Waals surface area (Å²) in [5.74, 6) is 0.278. The highest BCUT2D eigenvalue weighted by Gasteiger charge is 2.46. The predicted octanol–water partition coefficient (Wildman–Crippen LogP) is 2.28. The van der Waals surface area contributed by atoms with E-state index in [-0.39, 0.29) is 5.91 Å². The molecule has 2 atom stereocenters. The third kappa shape index (κ3) is 4.19. The summed E-state index contributed by atoms with van der Waals surface area (Å²) in [5, 5.41) is 3.42. The van der Waals surface area contributed by atoms with Crippen molar-refractivity contribution in [2.75, 3.05) is 26.2 Å². The molecule has 0 aromatic rings. The number of likely N-dealkylation sites (N-methyl/N-ethyl adjacent to an activating group) is 1. The minimum absolute atomic E-state index is 0.139. The summed E-state index contributed by atoms with van der Waals surface area (Å²) in [6, 6.07) is 0. The molecule has 3 N–H and O–H groups in total. The van der Waals surface area contributed by atoms with Crippen molar-refractivity contribution in [2.45, 2.75) is 70.3 Å². The number of carbonyl (C=O) groups is 1. The Bertz CT molecular complexity index is 326. The maximum absolute atomic E-state index is 12.0. The van der Waals surface area contributed by atoms with Crippen LogP contribution in [0.25, 0.3) is 0 Å². The lowest BCUT2D eigenvalue weighted by molar-refractivity contribution is -0.126. The van der Waals surface area contributed by atoms with Gasteiger partial charge >= 0.3 is 0 Å². The van der Waals surface area contributed by atoms with E-state index in [2.05, 4.69) is 17.1 Å². The minimum Gasteiger partial charge on any atom is -0.368 e. The summed E-state index contributed by atoms with van der Waals surface area (Å²) in [7, 11) is 0. The van der Waals surface area contributed by atoms with E-state index in [9.17, 15) is 4.79 Å². The summed E-state index contributed by atoms with van der Waals surface area (Å²) < 4.78 is 0. The lowest BCUT2D eigenvalue weighted by Crippen LogP contribution is -2.58. The van der Waals surface area contributed by atoms with Gasteiger partial charge < -0.3 is 16.0 Å². The lowest BCUT2D eigenvalue weighted by Gasteiger charge is -2.35. The Balaban J connectivity index is 1.89. The average molecular weight is 295 g/mol. The Hall–Kier alpha value is -0.610. The van der Waals surface area contributed by atoms with Crippen molar-refractivity contribution in [1.82, 2.24) is 10.2 Å². The molecule has 2 unspecified atom stereocenters. The zero-order chi connectivity index (χ0) is 15.1. The van der Waals surface area contributed by atoms with Crippen molar-refractivity contribution in [2.24, 2.45) is 11.7 Å². The molecule has 1 aliphatic heterocycles. The summed E-state index contributed by atoms with van der Waals surface area (Å²) in [4.78, 5) is 14.6. The largest absolute Gasteiger partial charge is 0.368 e.